The molecule has 0 aliphatic heterocycles. The fraction of sp³-hybridized carbons (Fsp3) is 0.435. The molecule has 2 rings (SSSR count). The van der Waals surface area contributed by atoms with E-state index in [1.54, 1.807) is 7.11 Å². The smallest absolute Gasteiger partial charge is 0.258 e. The summed E-state index contributed by atoms with van der Waals surface area (Å²) in [6.45, 7) is 10.4. The summed E-state index contributed by atoms with van der Waals surface area (Å²) < 4.78 is 12.1. The van der Waals surface area contributed by atoms with Gasteiger partial charge in [0.1, 0.15) is 11.5 Å². The molecule has 0 spiro atoms. The summed E-state index contributed by atoms with van der Waals surface area (Å²) in [6, 6.07) is 9.97. The Kier molecular flexibility index (Phi) is 7.93. The summed E-state index contributed by atoms with van der Waals surface area (Å²) in [5, 5.41) is 3.03. The molecule has 0 saturated carbocycles. The molecule has 0 aliphatic rings. The molecular weight excluding hydrogens is 418 g/mol. The minimum Gasteiger partial charge on any atom is -0.496 e. The van der Waals surface area contributed by atoms with Gasteiger partial charge in [-0.1, -0.05) is 26.8 Å². The summed E-state index contributed by atoms with van der Waals surface area (Å²) in [6.07, 6.45) is 0.955. The maximum Gasteiger partial charge on any atom is 0.258 e. The second-order valence-corrected chi connectivity index (χ2v) is 8.16. The van der Waals surface area contributed by atoms with Crippen molar-refractivity contribution in [3.05, 3.63) is 57.1 Å². The lowest BCUT2D eigenvalue weighted by Gasteiger charge is -2.21. The van der Waals surface area contributed by atoms with Gasteiger partial charge in [-0.25, -0.2) is 0 Å². The average molecular weight is 448 g/mol. The van der Waals surface area contributed by atoms with Crippen molar-refractivity contribution in [3.63, 3.8) is 0 Å². The second-order valence-electron chi connectivity index (χ2n) is 7.30. The zero-order valence-electron chi connectivity index (χ0n) is 17.6. The van der Waals surface area contributed by atoms with E-state index < -0.39 is 0 Å². The van der Waals surface area contributed by atoms with Crippen LogP contribution in [-0.4, -0.2) is 19.6 Å². The molecule has 1 atom stereocenters. The van der Waals surface area contributed by atoms with Crippen molar-refractivity contribution < 1.29 is 14.3 Å². The number of ether oxygens (including phenoxy) is 2. The predicted molar refractivity (Wildman–Crippen MR) is 117 cm³/mol. The molecule has 5 heteroatoms. The van der Waals surface area contributed by atoms with Gasteiger partial charge in [0, 0.05) is 0 Å². The van der Waals surface area contributed by atoms with E-state index in [0.29, 0.717) is 11.7 Å². The molecule has 2 aromatic rings. The third-order valence-electron chi connectivity index (χ3n) is 4.85. The number of carbonyl (C=O) groups is 1. The maximum atomic E-state index is 12.4. The highest BCUT2D eigenvalue weighted by Crippen LogP contribution is 2.32. The van der Waals surface area contributed by atoms with Gasteiger partial charge in [0.2, 0.25) is 0 Å². The molecule has 0 aliphatic carbocycles. The van der Waals surface area contributed by atoms with Crippen molar-refractivity contribution in [3.8, 4) is 11.5 Å². The van der Waals surface area contributed by atoms with Crippen LogP contribution in [0, 0.1) is 6.92 Å². The average Bonchev–Trinajstić information content (AvgIpc) is 2.66. The number of carbonyl (C=O) groups excluding carboxylic acids is 1. The van der Waals surface area contributed by atoms with E-state index >= 15 is 0 Å². The molecule has 1 N–H and O–H groups in total. The maximum absolute atomic E-state index is 12.4. The van der Waals surface area contributed by atoms with Crippen LogP contribution >= 0.6 is 15.9 Å². The van der Waals surface area contributed by atoms with Gasteiger partial charge in [-0.15, -0.1) is 0 Å². The Morgan fingerprint density at radius 1 is 1.11 bits per heavy atom. The van der Waals surface area contributed by atoms with E-state index in [2.05, 4.69) is 48.1 Å². The molecule has 4 nitrogen and oxygen atoms in total. The molecule has 0 radical (unpaired) electrons. The zero-order valence-corrected chi connectivity index (χ0v) is 19.1. The third-order valence-corrected chi connectivity index (χ3v) is 5.47. The van der Waals surface area contributed by atoms with Gasteiger partial charge in [-0.05, 0) is 88.6 Å². The molecule has 0 unspecified atom stereocenters. The highest BCUT2D eigenvalue weighted by atomic mass is 79.9. The number of hydrogen-bond acceptors (Lipinski definition) is 3. The Labute approximate surface area is 176 Å². The van der Waals surface area contributed by atoms with E-state index in [-0.39, 0.29) is 18.6 Å². The van der Waals surface area contributed by atoms with Crippen molar-refractivity contribution >= 4 is 21.8 Å². The Bertz CT molecular complexity index is 833. The van der Waals surface area contributed by atoms with Gasteiger partial charge in [0.25, 0.3) is 5.91 Å². The van der Waals surface area contributed by atoms with Crippen LogP contribution in [0.3, 0.4) is 0 Å². The number of nitrogens with one attached hydrogen (secondary N) is 1. The Balaban J connectivity index is 2.05. The van der Waals surface area contributed by atoms with E-state index in [0.717, 1.165) is 33.3 Å². The molecule has 2 aromatic carbocycles. The molecule has 0 fully saturated rings. The fourth-order valence-corrected chi connectivity index (χ4v) is 3.74. The summed E-state index contributed by atoms with van der Waals surface area (Å²) >= 11 is 3.50. The highest BCUT2D eigenvalue weighted by Gasteiger charge is 2.17. The molecule has 0 heterocycles. The number of hydrogen-bond donors (Lipinski definition) is 1. The van der Waals surface area contributed by atoms with Gasteiger partial charge in [0.05, 0.1) is 17.6 Å². The fourth-order valence-electron chi connectivity index (χ4n) is 3.20. The Hall–Kier alpha value is -2.01. The summed E-state index contributed by atoms with van der Waals surface area (Å²) in [7, 11) is 1.69. The first-order valence-electron chi connectivity index (χ1n) is 9.65. The first-order valence-corrected chi connectivity index (χ1v) is 10.4. The number of benzene rings is 2. The van der Waals surface area contributed by atoms with E-state index in [1.165, 1.54) is 5.56 Å². The topological polar surface area (TPSA) is 47.6 Å². The van der Waals surface area contributed by atoms with Crippen LogP contribution in [0.4, 0.5) is 0 Å². The van der Waals surface area contributed by atoms with Crippen LogP contribution in [0.1, 0.15) is 61.9 Å². The van der Waals surface area contributed by atoms with Gasteiger partial charge >= 0.3 is 0 Å². The first-order chi connectivity index (χ1) is 13.3. The van der Waals surface area contributed by atoms with Crippen LogP contribution in [0.15, 0.2) is 34.8 Å². The second kappa shape index (κ2) is 9.97. The van der Waals surface area contributed by atoms with Crippen molar-refractivity contribution in [2.45, 2.75) is 53.0 Å². The van der Waals surface area contributed by atoms with E-state index in [9.17, 15) is 4.79 Å². The minimum absolute atomic E-state index is 0.0271. The van der Waals surface area contributed by atoms with Crippen LogP contribution in [0.25, 0.3) is 0 Å². The van der Waals surface area contributed by atoms with Gasteiger partial charge in [-0.3, -0.25) is 4.79 Å². The summed E-state index contributed by atoms with van der Waals surface area (Å²) in [4.78, 5) is 12.4. The summed E-state index contributed by atoms with van der Waals surface area (Å²) in [5.74, 6) is 1.74. The third kappa shape index (κ3) is 5.51. The highest BCUT2D eigenvalue weighted by molar-refractivity contribution is 9.10. The quantitative estimate of drug-likeness (QED) is 0.563. The number of amides is 1. The zero-order chi connectivity index (χ0) is 20.8. The lowest BCUT2D eigenvalue weighted by atomic mass is 9.93. The van der Waals surface area contributed by atoms with Gasteiger partial charge in [-0.2, -0.15) is 0 Å². The largest absolute Gasteiger partial charge is 0.496 e. The standard InChI is InChI=1S/C23H30BrNO3/c1-7-17-8-9-21(20(24)11-17)28-13-23(26)25-16(5)19-12-18(14(2)3)22(27-6)10-15(19)4/h8-12,14,16H,7,13H2,1-6H3,(H,25,26)/t16-/m0/s1. The number of aryl methyl sites for hydroxylation is 2. The molecule has 1 amide bonds. The molecule has 0 aromatic heterocycles. The van der Waals surface area contributed by atoms with Crippen molar-refractivity contribution in [1.29, 1.82) is 0 Å². The molecule has 0 bridgehead atoms. The predicted octanol–water partition coefficient (Wildman–Crippen LogP) is 5.71. The van der Waals surface area contributed by atoms with Crippen LogP contribution < -0.4 is 14.8 Å². The number of methoxy groups -OCH3 is 1. The minimum atomic E-state index is -0.153. The van der Waals surface area contributed by atoms with Crippen molar-refractivity contribution in [1.82, 2.24) is 5.32 Å². The SMILES string of the molecule is CCc1ccc(OCC(=O)N[C@@H](C)c2cc(C(C)C)c(OC)cc2C)c(Br)c1. The lowest BCUT2D eigenvalue weighted by Crippen LogP contribution is -2.31. The molecular formula is C23H30BrNO3. The van der Waals surface area contributed by atoms with Crippen LogP contribution in [0.2, 0.25) is 0 Å². The van der Waals surface area contributed by atoms with E-state index in [4.69, 9.17) is 9.47 Å². The number of rotatable bonds is 8. The number of halogens is 1. The van der Waals surface area contributed by atoms with E-state index in [1.807, 2.05) is 38.1 Å². The molecule has 28 heavy (non-hydrogen) atoms. The van der Waals surface area contributed by atoms with Gasteiger partial charge < -0.3 is 14.8 Å². The molecule has 152 valence electrons. The Morgan fingerprint density at radius 3 is 2.39 bits per heavy atom. The van der Waals surface area contributed by atoms with Crippen LogP contribution in [-0.2, 0) is 11.2 Å². The monoisotopic (exact) mass is 447 g/mol. The Morgan fingerprint density at radius 2 is 1.82 bits per heavy atom. The normalized spacial score (nSPS) is 12.0. The first kappa shape index (κ1) is 22.3. The van der Waals surface area contributed by atoms with Crippen molar-refractivity contribution in [2.75, 3.05) is 13.7 Å². The lowest BCUT2D eigenvalue weighted by molar-refractivity contribution is -0.123. The van der Waals surface area contributed by atoms with Gasteiger partial charge in [0.15, 0.2) is 6.61 Å². The summed E-state index contributed by atoms with van der Waals surface area (Å²) in [5.41, 5.74) is 4.54. The molecule has 0 saturated heterocycles. The van der Waals surface area contributed by atoms with Crippen LogP contribution in [0.5, 0.6) is 11.5 Å². The van der Waals surface area contributed by atoms with Crippen molar-refractivity contribution in [2.24, 2.45) is 0 Å².